The highest BCUT2D eigenvalue weighted by molar-refractivity contribution is 9.10. The van der Waals surface area contributed by atoms with E-state index in [1.165, 1.54) is 0 Å². The van der Waals surface area contributed by atoms with Gasteiger partial charge in [0.15, 0.2) is 11.5 Å². The molecule has 2 aliphatic rings. The van der Waals surface area contributed by atoms with Crippen LogP contribution >= 0.6 is 15.9 Å². The van der Waals surface area contributed by atoms with Crippen molar-refractivity contribution < 1.29 is 14.6 Å². The molecule has 6 nitrogen and oxygen atoms in total. The number of piperidine rings is 1. The van der Waals surface area contributed by atoms with E-state index in [-0.39, 0.29) is 17.7 Å². The molecule has 0 radical (unpaired) electrons. The Kier molecular flexibility index (Phi) is 5.84. The average molecular weight is 472 g/mol. The molecule has 1 fully saturated rings. The van der Waals surface area contributed by atoms with Crippen molar-refractivity contribution >= 4 is 27.5 Å². The van der Waals surface area contributed by atoms with E-state index in [4.69, 9.17) is 9.73 Å². The van der Waals surface area contributed by atoms with Crippen LogP contribution in [-0.4, -0.2) is 47.5 Å². The SMILES string of the molecule is COc1cccc([C@H]2CC(c3ccc(Br)cc3)=NC3(CCN(C(C)=O)CC3)N2)c1O. The van der Waals surface area contributed by atoms with Crippen LogP contribution in [0.25, 0.3) is 0 Å². The van der Waals surface area contributed by atoms with Crippen LogP contribution in [0, 0.1) is 0 Å². The number of nitrogens with one attached hydrogen (secondary N) is 1. The smallest absolute Gasteiger partial charge is 0.219 e. The van der Waals surface area contributed by atoms with Gasteiger partial charge in [-0.15, -0.1) is 0 Å². The van der Waals surface area contributed by atoms with Crippen LogP contribution in [0.1, 0.15) is 43.4 Å². The number of phenolic OH excluding ortho intramolecular Hbond substituents is 1. The first-order valence-corrected chi connectivity index (χ1v) is 10.9. The molecular weight excluding hydrogens is 446 g/mol. The van der Waals surface area contributed by atoms with Gasteiger partial charge < -0.3 is 14.7 Å². The van der Waals surface area contributed by atoms with Gasteiger partial charge in [0, 0.05) is 61.1 Å². The number of para-hydroxylation sites is 1. The maximum absolute atomic E-state index is 11.8. The molecule has 1 atom stereocenters. The molecule has 1 spiro atoms. The first kappa shape index (κ1) is 20.9. The van der Waals surface area contributed by atoms with Crippen molar-refractivity contribution in [2.24, 2.45) is 4.99 Å². The van der Waals surface area contributed by atoms with E-state index in [1.807, 2.05) is 29.2 Å². The average Bonchev–Trinajstić information content (AvgIpc) is 2.74. The maximum atomic E-state index is 11.8. The Hall–Kier alpha value is -2.38. The second-order valence-electron chi connectivity index (χ2n) is 7.90. The summed E-state index contributed by atoms with van der Waals surface area (Å²) >= 11 is 3.50. The number of hydrogen-bond acceptors (Lipinski definition) is 5. The summed E-state index contributed by atoms with van der Waals surface area (Å²) < 4.78 is 6.34. The molecule has 2 aliphatic heterocycles. The van der Waals surface area contributed by atoms with Crippen molar-refractivity contribution in [1.29, 1.82) is 0 Å². The highest BCUT2D eigenvalue weighted by Gasteiger charge is 2.41. The number of likely N-dealkylation sites (tertiary alicyclic amines) is 1. The molecular formula is C23H26BrN3O3. The number of carbonyl (C=O) groups is 1. The van der Waals surface area contributed by atoms with Gasteiger partial charge in [-0.1, -0.05) is 40.2 Å². The van der Waals surface area contributed by atoms with Gasteiger partial charge in [-0.05, 0) is 23.8 Å². The molecule has 0 aromatic heterocycles. The third-order valence-corrected chi connectivity index (χ3v) is 6.56. The van der Waals surface area contributed by atoms with Crippen molar-refractivity contribution in [2.75, 3.05) is 20.2 Å². The second kappa shape index (κ2) is 8.40. The fraction of sp³-hybridized carbons (Fsp3) is 0.391. The molecule has 2 heterocycles. The Morgan fingerprint density at radius 3 is 2.57 bits per heavy atom. The van der Waals surface area contributed by atoms with Crippen molar-refractivity contribution in [3.8, 4) is 11.5 Å². The number of carbonyl (C=O) groups excluding carboxylic acids is 1. The summed E-state index contributed by atoms with van der Waals surface area (Å²) in [5, 5.41) is 14.5. The standard InChI is InChI=1S/C23H26BrN3O3/c1-15(28)27-12-10-23(11-13-27)25-19(16-6-8-17(24)9-7-16)14-20(26-23)18-4-3-5-21(30-2)22(18)29/h3-9,20,26,29H,10-14H2,1-2H3/t20-/m1/s1. The minimum absolute atomic E-state index is 0.0970. The van der Waals surface area contributed by atoms with E-state index in [0.717, 1.165) is 34.2 Å². The van der Waals surface area contributed by atoms with Gasteiger partial charge in [0.25, 0.3) is 0 Å². The molecule has 30 heavy (non-hydrogen) atoms. The summed E-state index contributed by atoms with van der Waals surface area (Å²) in [6, 6.07) is 13.6. The molecule has 0 saturated carbocycles. The number of ether oxygens (including phenoxy) is 1. The number of phenols is 1. The summed E-state index contributed by atoms with van der Waals surface area (Å²) in [6.07, 6.45) is 2.11. The molecule has 2 aromatic carbocycles. The normalized spacial score (nSPS) is 20.7. The Labute approximate surface area is 185 Å². The number of halogens is 1. The predicted octanol–water partition coefficient (Wildman–Crippen LogP) is 4.03. The molecule has 2 aromatic rings. The second-order valence-corrected chi connectivity index (χ2v) is 8.82. The number of nitrogens with zero attached hydrogens (tertiary/aromatic N) is 2. The maximum Gasteiger partial charge on any atom is 0.219 e. The summed E-state index contributed by atoms with van der Waals surface area (Å²) in [4.78, 5) is 18.8. The minimum Gasteiger partial charge on any atom is -0.504 e. The third kappa shape index (κ3) is 4.09. The van der Waals surface area contributed by atoms with Crippen LogP contribution in [0.5, 0.6) is 11.5 Å². The number of methoxy groups -OCH3 is 1. The molecule has 0 unspecified atom stereocenters. The lowest BCUT2D eigenvalue weighted by molar-refractivity contribution is -0.130. The lowest BCUT2D eigenvalue weighted by Gasteiger charge is -2.45. The number of rotatable bonds is 3. The summed E-state index contributed by atoms with van der Waals surface area (Å²) in [6.45, 7) is 2.94. The van der Waals surface area contributed by atoms with Crippen LogP contribution in [-0.2, 0) is 4.79 Å². The third-order valence-electron chi connectivity index (χ3n) is 6.03. The molecule has 158 valence electrons. The Bertz CT molecular complexity index is 966. The van der Waals surface area contributed by atoms with Crippen LogP contribution in [0.2, 0.25) is 0 Å². The van der Waals surface area contributed by atoms with Crippen molar-refractivity contribution in [3.05, 3.63) is 58.1 Å². The van der Waals surface area contributed by atoms with Crippen LogP contribution in [0.4, 0.5) is 0 Å². The quantitative estimate of drug-likeness (QED) is 0.708. The molecule has 4 rings (SSSR count). The van der Waals surface area contributed by atoms with E-state index in [0.29, 0.717) is 25.3 Å². The highest BCUT2D eigenvalue weighted by atomic mass is 79.9. The van der Waals surface area contributed by atoms with E-state index in [1.54, 1.807) is 20.1 Å². The summed E-state index contributed by atoms with van der Waals surface area (Å²) in [5.41, 5.74) is 2.41. The van der Waals surface area contributed by atoms with Crippen molar-refractivity contribution in [3.63, 3.8) is 0 Å². The largest absolute Gasteiger partial charge is 0.504 e. The topological polar surface area (TPSA) is 74.2 Å². The first-order chi connectivity index (χ1) is 14.4. The Morgan fingerprint density at radius 2 is 1.93 bits per heavy atom. The highest BCUT2D eigenvalue weighted by Crippen LogP contribution is 2.40. The van der Waals surface area contributed by atoms with Crippen LogP contribution < -0.4 is 10.1 Å². The van der Waals surface area contributed by atoms with Gasteiger partial charge >= 0.3 is 0 Å². The molecule has 1 saturated heterocycles. The zero-order valence-corrected chi connectivity index (χ0v) is 18.8. The summed E-state index contributed by atoms with van der Waals surface area (Å²) in [5.74, 6) is 0.716. The van der Waals surface area contributed by atoms with Crippen LogP contribution in [0.3, 0.4) is 0 Å². The molecule has 0 aliphatic carbocycles. The number of benzene rings is 2. The van der Waals surface area contributed by atoms with Crippen LogP contribution in [0.15, 0.2) is 51.9 Å². The molecule has 0 bridgehead atoms. The summed E-state index contributed by atoms with van der Waals surface area (Å²) in [7, 11) is 1.56. The number of amides is 1. The Balaban J connectivity index is 1.72. The van der Waals surface area contributed by atoms with Crippen molar-refractivity contribution in [2.45, 2.75) is 37.9 Å². The van der Waals surface area contributed by atoms with Gasteiger partial charge in [0.1, 0.15) is 5.66 Å². The lowest BCUT2D eigenvalue weighted by Crippen LogP contribution is -2.56. The molecule has 7 heteroatoms. The zero-order valence-electron chi connectivity index (χ0n) is 17.2. The van der Waals surface area contributed by atoms with E-state index >= 15 is 0 Å². The van der Waals surface area contributed by atoms with Gasteiger partial charge in [-0.2, -0.15) is 0 Å². The number of hydrogen-bond donors (Lipinski definition) is 2. The number of aromatic hydroxyl groups is 1. The fourth-order valence-corrected chi connectivity index (χ4v) is 4.61. The molecule has 1 amide bonds. The predicted molar refractivity (Wildman–Crippen MR) is 120 cm³/mol. The first-order valence-electron chi connectivity index (χ1n) is 10.1. The van der Waals surface area contributed by atoms with E-state index < -0.39 is 5.66 Å². The van der Waals surface area contributed by atoms with Gasteiger partial charge in [0.2, 0.25) is 5.91 Å². The van der Waals surface area contributed by atoms with Gasteiger partial charge in [-0.25, -0.2) is 0 Å². The van der Waals surface area contributed by atoms with Gasteiger partial charge in [-0.3, -0.25) is 15.1 Å². The molecule has 2 N–H and O–H groups in total. The Morgan fingerprint density at radius 1 is 1.23 bits per heavy atom. The fourth-order valence-electron chi connectivity index (χ4n) is 4.35. The van der Waals surface area contributed by atoms with Crippen molar-refractivity contribution in [1.82, 2.24) is 10.2 Å². The number of aliphatic imine (C=N–C) groups is 1. The van der Waals surface area contributed by atoms with Gasteiger partial charge in [0.05, 0.1) is 7.11 Å². The van der Waals surface area contributed by atoms with E-state index in [2.05, 4.69) is 33.4 Å². The van der Waals surface area contributed by atoms with E-state index in [9.17, 15) is 9.90 Å². The minimum atomic E-state index is -0.465. The zero-order chi connectivity index (χ0) is 21.3. The lowest BCUT2D eigenvalue weighted by atomic mass is 9.87. The monoisotopic (exact) mass is 471 g/mol.